The lowest BCUT2D eigenvalue weighted by molar-refractivity contribution is 0.510. The van der Waals surface area contributed by atoms with Gasteiger partial charge in [0.05, 0.1) is 0 Å². The Balaban J connectivity index is 2.87. The van der Waals surface area contributed by atoms with Crippen molar-refractivity contribution in [2.45, 2.75) is 53.0 Å². The van der Waals surface area contributed by atoms with E-state index in [9.17, 15) is 0 Å². The van der Waals surface area contributed by atoms with E-state index in [1.54, 1.807) is 0 Å². The van der Waals surface area contributed by atoms with Crippen molar-refractivity contribution in [1.82, 2.24) is 0 Å². The smallest absolute Gasteiger partial charge is 0.0377 e. The lowest BCUT2D eigenvalue weighted by Crippen LogP contribution is -2.25. The van der Waals surface area contributed by atoms with Crippen LogP contribution < -0.4 is 5.32 Å². The fraction of sp³-hybridized carbons (Fsp3) is 0.600. The van der Waals surface area contributed by atoms with Crippen LogP contribution in [0.15, 0.2) is 24.3 Å². The second-order valence-corrected chi connectivity index (χ2v) is 5.15. The molecule has 16 heavy (non-hydrogen) atoms. The Morgan fingerprint density at radius 1 is 1.06 bits per heavy atom. The zero-order chi connectivity index (χ0) is 12.1. The molecule has 0 aromatic heterocycles. The van der Waals surface area contributed by atoms with E-state index in [1.165, 1.54) is 17.7 Å². The van der Waals surface area contributed by atoms with Gasteiger partial charge in [0.25, 0.3) is 0 Å². The second kappa shape index (κ2) is 5.93. The molecule has 1 unspecified atom stereocenters. The minimum Gasteiger partial charge on any atom is -0.382 e. The van der Waals surface area contributed by atoms with Crippen molar-refractivity contribution in [1.29, 1.82) is 0 Å². The van der Waals surface area contributed by atoms with Crippen molar-refractivity contribution < 1.29 is 0 Å². The van der Waals surface area contributed by atoms with Gasteiger partial charge in [0.15, 0.2) is 0 Å². The summed E-state index contributed by atoms with van der Waals surface area (Å²) in [6, 6.07) is 9.22. The van der Waals surface area contributed by atoms with Gasteiger partial charge in [0.2, 0.25) is 0 Å². The molecule has 0 aliphatic carbocycles. The number of nitrogens with one attached hydrogen (secondary N) is 1. The molecule has 0 spiro atoms. The lowest BCUT2D eigenvalue weighted by Gasteiger charge is -2.24. The van der Waals surface area contributed by atoms with Gasteiger partial charge in [-0.1, -0.05) is 52.8 Å². The third-order valence-corrected chi connectivity index (χ3v) is 3.17. The molecule has 1 nitrogen and oxygen atoms in total. The van der Waals surface area contributed by atoms with Gasteiger partial charge in [-0.25, -0.2) is 0 Å². The molecule has 1 heteroatoms. The zero-order valence-corrected chi connectivity index (χ0v) is 11.2. The van der Waals surface area contributed by atoms with Crippen molar-refractivity contribution >= 4 is 5.69 Å². The summed E-state index contributed by atoms with van der Waals surface area (Å²) in [5.74, 6) is 1.25. The predicted molar refractivity (Wildman–Crippen MR) is 73.1 cm³/mol. The highest BCUT2D eigenvalue weighted by molar-refractivity contribution is 5.53. The molecule has 0 aliphatic heterocycles. The van der Waals surface area contributed by atoms with Crippen LogP contribution in [-0.2, 0) is 0 Å². The summed E-state index contributed by atoms with van der Waals surface area (Å²) in [7, 11) is 0. The average Bonchev–Trinajstić information content (AvgIpc) is 2.25. The SMILES string of the molecule is CCC(Nc1ccccc1C(C)C)C(C)C. The van der Waals surface area contributed by atoms with Gasteiger partial charge < -0.3 is 5.32 Å². The molecule has 1 aromatic carbocycles. The Morgan fingerprint density at radius 3 is 2.19 bits per heavy atom. The van der Waals surface area contributed by atoms with Crippen LogP contribution in [0.4, 0.5) is 5.69 Å². The molecular weight excluding hydrogens is 194 g/mol. The van der Waals surface area contributed by atoms with E-state index in [-0.39, 0.29) is 0 Å². The van der Waals surface area contributed by atoms with Crippen LogP contribution in [0.5, 0.6) is 0 Å². The number of para-hydroxylation sites is 1. The zero-order valence-electron chi connectivity index (χ0n) is 11.2. The second-order valence-electron chi connectivity index (χ2n) is 5.15. The standard InChI is InChI=1S/C15H25N/c1-6-14(12(4)5)16-15-10-8-7-9-13(15)11(2)3/h7-12,14,16H,6H2,1-5H3. The summed E-state index contributed by atoms with van der Waals surface area (Å²) in [6.45, 7) is 11.3. The van der Waals surface area contributed by atoms with Crippen LogP contribution in [0.3, 0.4) is 0 Å². The van der Waals surface area contributed by atoms with Crippen LogP contribution >= 0.6 is 0 Å². The summed E-state index contributed by atoms with van der Waals surface area (Å²) in [4.78, 5) is 0. The Morgan fingerprint density at radius 2 is 1.69 bits per heavy atom. The van der Waals surface area contributed by atoms with Gasteiger partial charge >= 0.3 is 0 Å². The van der Waals surface area contributed by atoms with Gasteiger partial charge in [0.1, 0.15) is 0 Å². The largest absolute Gasteiger partial charge is 0.382 e. The van der Waals surface area contributed by atoms with Crippen LogP contribution in [0.25, 0.3) is 0 Å². The highest BCUT2D eigenvalue weighted by Crippen LogP contribution is 2.25. The monoisotopic (exact) mass is 219 g/mol. The normalized spacial score (nSPS) is 13.2. The van der Waals surface area contributed by atoms with Gasteiger partial charge in [0, 0.05) is 11.7 Å². The van der Waals surface area contributed by atoms with Crippen LogP contribution in [-0.4, -0.2) is 6.04 Å². The van der Waals surface area contributed by atoms with E-state index >= 15 is 0 Å². The van der Waals surface area contributed by atoms with Crippen molar-refractivity contribution in [3.05, 3.63) is 29.8 Å². The number of rotatable bonds is 5. The summed E-state index contributed by atoms with van der Waals surface area (Å²) < 4.78 is 0. The molecule has 0 saturated carbocycles. The Bertz CT molecular complexity index is 315. The molecule has 0 aliphatic rings. The highest BCUT2D eigenvalue weighted by atomic mass is 14.9. The fourth-order valence-electron chi connectivity index (χ4n) is 2.07. The average molecular weight is 219 g/mol. The molecule has 0 amide bonds. The third kappa shape index (κ3) is 3.26. The molecule has 0 fully saturated rings. The van der Waals surface area contributed by atoms with Gasteiger partial charge in [-0.05, 0) is 29.9 Å². The molecule has 0 bridgehead atoms. The van der Waals surface area contributed by atoms with Crippen molar-refractivity contribution in [3.8, 4) is 0 Å². The maximum atomic E-state index is 3.68. The van der Waals surface area contributed by atoms with Gasteiger partial charge in [-0.2, -0.15) is 0 Å². The molecule has 0 saturated heterocycles. The van der Waals surface area contributed by atoms with E-state index in [2.05, 4.69) is 64.2 Å². The summed E-state index contributed by atoms with van der Waals surface area (Å²) in [5, 5.41) is 3.68. The highest BCUT2D eigenvalue weighted by Gasteiger charge is 2.13. The molecule has 0 radical (unpaired) electrons. The summed E-state index contributed by atoms with van der Waals surface area (Å²) in [6.07, 6.45) is 1.17. The molecule has 1 aromatic rings. The first-order chi connectivity index (χ1) is 7.56. The van der Waals surface area contributed by atoms with E-state index in [1.807, 2.05) is 0 Å². The van der Waals surface area contributed by atoms with Crippen LogP contribution in [0.1, 0.15) is 52.5 Å². The van der Waals surface area contributed by atoms with Crippen molar-refractivity contribution in [2.75, 3.05) is 5.32 Å². The van der Waals surface area contributed by atoms with Crippen LogP contribution in [0, 0.1) is 5.92 Å². The third-order valence-electron chi connectivity index (χ3n) is 3.17. The Labute approximate surface area is 100 Å². The number of benzene rings is 1. The summed E-state index contributed by atoms with van der Waals surface area (Å²) >= 11 is 0. The maximum Gasteiger partial charge on any atom is 0.0377 e. The lowest BCUT2D eigenvalue weighted by atomic mass is 9.97. The van der Waals surface area contributed by atoms with E-state index in [0.717, 1.165) is 0 Å². The molecule has 1 N–H and O–H groups in total. The van der Waals surface area contributed by atoms with Crippen LogP contribution in [0.2, 0.25) is 0 Å². The van der Waals surface area contributed by atoms with E-state index in [0.29, 0.717) is 17.9 Å². The Kier molecular flexibility index (Phi) is 4.85. The fourth-order valence-corrected chi connectivity index (χ4v) is 2.07. The Hall–Kier alpha value is -0.980. The van der Waals surface area contributed by atoms with Crippen molar-refractivity contribution in [3.63, 3.8) is 0 Å². The number of hydrogen-bond acceptors (Lipinski definition) is 1. The molecule has 1 atom stereocenters. The molecular formula is C15H25N. The molecule has 1 rings (SSSR count). The first kappa shape index (κ1) is 13.1. The van der Waals surface area contributed by atoms with E-state index in [4.69, 9.17) is 0 Å². The molecule has 0 heterocycles. The topological polar surface area (TPSA) is 12.0 Å². The number of anilines is 1. The van der Waals surface area contributed by atoms with Gasteiger partial charge in [-0.3, -0.25) is 0 Å². The first-order valence-corrected chi connectivity index (χ1v) is 6.41. The van der Waals surface area contributed by atoms with Gasteiger partial charge in [-0.15, -0.1) is 0 Å². The molecule has 90 valence electrons. The maximum absolute atomic E-state index is 3.68. The minimum absolute atomic E-state index is 0.569. The first-order valence-electron chi connectivity index (χ1n) is 6.41. The predicted octanol–water partition coefficient (Wildman–Crippen LogP) is 4.66. The van der Waals surface area contributed by atoms with E-state index < -0.39 is 0 Å². The summed E-state index contributed by atoms with van der Waals surface area (Å²) in [5.41, 5.74) is 2.72. The number of hydrogen-bond donors (Lipinski definition) is 1. The quantitative estimate of drug-likeness (QED) is 0.759. The van der Waals surface area contributed by atoms with Crippen molar-refractivity contribution in [2.24, 2.45) is 5.92 Å². The minimum atomic E-state index is 0.569.